The van der Waals surface area contributed by atoms with Crippen molar-refractivity contribution in [2.45, 2.75) is 65.3 Å². The maximum atomic E-state index is 12.7. The minimum Gasteiger partial charge on any atom is -0.481 e. The average Bonchev–Trinajstić information content (AvgIpc) is 2.97. The molecular weight excluding hydrogens is 254 g/mol. The van der Waals surface area contributed by atoms with Gasteiger partial charge in [0.2, 0.25) is 5.91 Å². The molecule has 1 saturated heterocycles. The first-order valence-corrected chi connectivity index (χ1v) is 7.85. The van der Waals surface area contributed by atoms with E-state index in [0.29, 0.717) is 5.92 Å². The molecule has 4 heteroatoms. The summed E-state index contributed by atoms with van der Waals surface area (Å²) in [6.45, 7) is 6.25. The van der Waals surface area contributed by atoms with E-state index in [9.17, 15) is 14.7 Å². The molecule has 0 bridgehead atoms. The van der Waals surface area contributed by atoms with Crippen LogP contribution in [0.1, 0.15) is 59.3 Å². The van der Waals surface area contributed by atoms with Crippen molar-refractivity contribution in [3.63, 3.8) is 0 Å². The molecule has 114 valence electrons. The number of carbonyl (C=O) groups is 2. The van der Waals surface area contributed by atoms with E-state index < -0.39 is 17.3 Å². The van der Waals surface area contributed by atoms with Gasteiger partial charge in [-0.2, -0.15) is 0 Å². The Balaban J connectivity index is 2.15. The Morgan fingerprint density at radius 2 is 1.70 bits per heavy atom. The third-order valence-corrected chi connectivity index (χ3v) is 4.89. The van der Waals surface area contributed by atoms with Crippen LogP contribution >= 0.6 is 0 Å². The van der Waals surface area contributed by atoms with Gasteiger partial charge in [0, 0.05) is 12.6 Å². The minimum absolute atomic E-state index is 0.167. The lowest BCUT2D eigenvalue weighted by atomic mass is 9.79. The normalized spacial score (nSPS) is 25.9. The summed E-state index contributed by atoms with van der Waals surface area (Å²) in [4.78, 5) is 26.2. The summed E-state index contributed by atoms with van der Waals surface area (Å²) in [5.41, 5.74) is -0.536. The molecule has 0 radical (unpaired) electrons. The molecule has 1 aliphatic carbocycles. The fourth-order valence-corrected chi connectivity index (χ4v) is 3.91. The summed E-state index contributed by atoms with van der Waals surface area (Å²) < 4.78 is 0. The van der Waals surface area contributed by atoms with Crippen LogP contribution in [-0.2, 0) is 9.59 Å². The van der Waals surface area contributed by atoms with Gasteiger partial charge in [0.05, 0.1) is 0 Å². The number of carbonyl (C=O) groups excluding carboxylic acids is 1. The molecule has 2 atom stereocenters. The number of carboxylic acids is 1. The molecule has 0 aromatic heterocycles. The first-order valence-electron chi connectivity index (χ1n) is 7.85. The lowest BCUT2D eigenvalue weighted by Crippen LogP contribution is -2.48. The van der Waals surface area contributed by atoms with Gasteiger partial charge in [-0.1, -0.05) is 33.6 Å². The zero-order valence-corrected chi connectivity index (χ0v) is 12.9. The van der Waals surface area contributed by atoms with Crippen LogP contribution in [-0.4, -0.2) is 34.5 Å². The van der Waals surface area contributed by atoms with Crippen molar-refractivity contribution in [2.24, 2.45) is 17.3 Å². The van der Waals surface area contributed by atoms with Crippen LogP contribution in [0.2, 0.25) is 0 Å². The Hall–Kier alpha value is -1.06. The summed E-state index contributed by atoms with van der Waals surface area (Å²) >= 11 is 0. The van der Waals surface area contributed by atoms with Crippen LogP contribution in [0.25, 0.3) is 0 Å². The number of aliphatic carboxylic acids is 1. The summed E-state index contributed by atoms with van der Waals surface area (Å²) in [5.74, 6) is -1.49. The second-order valence-electron chi connectivity index (χ2n) is 7.42. The molecule has 4 nitrogen and oxygen atoms in total. The van der Waals surface area contributed by atoms with Crippen molar-refractivity contribution < 1.29 is 14.7 Å². The highest BCUT2D eigenvalue weighted by atomic mass is 16.4. The molecule has 2 aliphatic rings. The molecule has 0 spiro atoms. The maximum absolute atomic E-state index is 12.7. The van der Waals surface area contributed by atoms with Gasteiger partial charge in [0.1, 0.15) is 5.92 Å². The molecule has 1 saturated carbocycles. The molecule has 0 aromatic rings. The highest BCUT2D eigenvalue weighted by molar-refractivity contribution is 5.98. The van der Waals surface area contributed by atoms with E-state index in [-0.39, 0.29) is 11.9 Å². The smallest absolute Gasteiger partial charge is 0.316 e. The summed E-state index contributed by atoms with van der Waals surface area (Å²) in [6, 6.07) is 0.286. The highest BCUT2D eigenvalue weighted by Gasteiger charge is 2.44. The van der Waals surface area contributed by atoms with E-state index in [0.717, 1.165) is 19.4 Å². The van der Waals surface area contributed by atoms with E-state index in [2.05, 4.69) is 0 Å². The Morgan fingerprint density at radius 3 is 2.20 bits per heavy atom. The van der Waals surface area contributed by atoms with Gasteiger partial charge in [0.15, 0.2) is 0 Å². The van der Waals surface area contributed by atoms with Crippen molar-refractivity contribution in [1.29, 1.82) is 0 Å². The first-order chi connectivity index (χ1) is 9.32. The molecule has 20 heavy (non-hydrogen) atoms. The lowest BCUT2D eigenvalue weighted by Gasteiger charge is -2.35. The molecular formula is C16H27NO3. The number of hydrogen-bond donors (Lipinski definition) is 1. The number of likely N-dealkylation sites (tertiary alicyclic amines) is 1. The second kappa shape index (κ2) is 5.74. The zero-order valence-electron chi connectivity index (χ0n) is 12.9. The van der Waals surface area contributed by atoms with Crippen molar-refractivity contribution in [3.8, 4) is 0 Å². The Bertz CT molecular complexity index is 380. The standard InChI is InChI=1S/C16H27NO3/c1-16(2,3)13(15(19)20)14(18)17-10-6-9-12(17)11-7-4-5-8-11/h11-13H,4-10H2,1-3H3,(H,19,20). The van der Waals surface area contributed by atoms with Crippen molar-refractivity contribution in [3.05, 3.63) is 0 Å². The third kappa shape index (κ3) is 2.99. The van der Waals surface area contributed by atoms with E-state index in [4.69, 9.17) is 0 Å². The van der Waals surface area contributed by atoms with Crippen molar-refractivity contribution in [1.82, 2.24) is 4.90 Å². The summed E-state index contributed by atoms with van der Waals surface area (Å²) in [5, 5.41) is 9.44. The van der Waals surface area contributed by atoms with E-state index in [1.807, 2.05) is 25.7 Å². The Morgan fingerprint density at radius 1 is 1.10 bits per heavy atom. The first kappa shape index (κ1) is 15.3. The topological polar surface area (TPSA) is 57.6 Å². The fourth-order valence-electron chi connectivity index (χ4n) is 3.91. The minimum atomic E-state index is -0.987. The SMILES string of the molecule is CC(C)(C)C(C(=O)O)C(=O)N1CCCC1C1CCCC1. The molecule has 1 aliphatic heterocycles. The zero-order chi connectivity index (χ0) is 14.9. The molecule has 2 fully saturated rings. The Kier molecular flexibility index (Phi) is 4.40. The van der Waals surface area contributed by atoms with Crippen LogP contribution in [0.3, 0.4) is 0 Å². The molecule has 0 aromatic carbocycles. The molecule has 1 heterocycles. The summed E-state index contributed by atoms with van der Waals surface area (Å²) in [6.07, 6.45) is 6.97. The summed E-state index contributed by atoms with van der Waals surface area (Å²) in [7, 11) is 0. The van der Waals surface area contributed by atoms with Crippen LogP contribution in [0.15, 0.2) is 0 Å². The number of nitrogens with zero attached hydrogens (tertiary/aromatic N) is 1. The quantitative estimate of drug-likeness (QED) is 0.809. The number of rotatable bonds is 3. The van der Waals surface area contributed by atoms with E-state index >= 15 is 0 Å². The van der Waals surface area contributed by atoms with Gasteiger partial charge < -0.3 is 10.0 Å². The van der Waals surface area contributed by atoms with E-state index in [1.165, 1.54) is 25.7 Å². The number of carboxylic acid groups (broad SMARTS) is 1. The van der Waals surface area contributed by atoms with Gasteiger partial charge in [-0.15, -0.1) is 0 Å². The van der Waals surface area contributed by atoms with Crippen molar-refractivity contribution in [2.75, 3.05) is 6.54 Å². The highest BCUT2D eigenvalue weighted by Crippen LogP contribution is 2.38. The number of hydrogen-bond acceptors (Lipinski definition) is 2. The van der Waals surface area contributed by atoms with Gasteiger partial charge >= 0.3 is 5.97 Å². The lowest BCUT2D eigenvalue weighted by molar-refractivity contribution is -0.157. The van der Waals surface area contributed by atoms with Gasteiger partial charge in [0.25, 0.3) is 0 Å². The maximum Gasteiger partial charge on any atom is 0.316 e. The third-order valence-electron chi connectivity index (χ3n) is 4.89. The fraction of sp³-hybridized carbons (Fsp3) is 0.875. The van der Waals surface area contributed by atoms with Crippen LogP contribution in [0.5, 0.6) is 0 Å². The Labute approximate surface area is 121 Å². The largest absolute Gasteiger partial charge is 0.481 e. The van der Waals surface area contributed by atoms with Crippen molar-refractivity contribution >= 4 is 11.9 Å². The molecule has 2 unspecified atom stereocenters. The second-order valence-corrected chi connectivity index (χ2v) is 7.42. The average molecular weight is 281 g/mol. The molecule has 1 amide bonds. The van der Waals surface area contributed by atoms with Crippen LogP contribution in [0.4, 0.5) is 0 Å². The van der Waals surface area contributed by atoms with Gasteiger partial charge in [-0.3, -0.25) is 9.59 Å². The monoisotopic (exact) mass is 281 g/mol. The molecule has 1 N–H and O–H groups in total. The van der Waals surface area contributed by atoms with Crippen LogP contribution < -0.4 is 0 Å². The van der Waals surface area contributed by atoms with Crippen LogP contribution in [0, 0.1) is 17.3 Å². The predicted molar refractivity (Wildman–Crippen MR) is 77.3 cm³/mol. The number of amides is 1. The predicted octanol–water partition coefficient (Wildman–Crippen LogP) is 2.91. The van der Waals surface area contributed by atoms with Gasteiger partial charge in [-0.05, 0) is 37.0 Å². The van der Waals surface area contributed by atoms with Gasteiger partial charge in [-0.25, -0.2) is 0 Å². The van der Waals surface area contributed by atoms with E-state index in [1.54, 1.807) is 0 Å². The molecule has 2 rings (SSSR count).